The monoisotopic (exact) mass is 184 g/mol. The van der Waals surface area contributed by atoms with Crippen molar-refractivity contribution in [1.29, 1.82) is 0 Å². The van der Waals surface area contributed by atoms with Crippen molar-refractivity contribution in [3.8, 4) is 0 Å². The number of unbranched alkanes of at least 4 members (excludes halogenated alkanes) is 2. The van der Waals surface area contributed by atoms with Gasteiger partial charge in [-0.25, -0.2) is 0 Å². The third-order valence-electron chi connectivity index (χ3n) is 3.13. The lowest BCUT2D eigenvalue weighted by Crippen LogP contribution is -1.99. The lowest BCUT2D eigenvalue weighted by molar-refractivity contribution is 0.549. The van der Waals surface area contributed by atoms with Gasteiger partial charge in [-0.05, 0) is 50.6 Å². The van der Waals surface area contributed by atoms with Crippen LogP contribution in [0.3, 0.4) is 0 Å². The zero-order chi connectivity index (χ0) is 9.52. The van der Waals surface area contributed by atoms with Crippen molar-refractivity contribution >= 4 is 0 Å². The van der Waals surface area contributed by atoms with Crippen LogP contribution in [-0.2, 0) is 0 Å². The van der Waals surface area contributed by atoms with Gasteiger partial charge in [-0.2, -0.15) is 0 Å². The largest absolute Gasteiger partial charge is 0.330 e. The molecule has 1 saturated carbocycles. The van der Waals surface area contributed by atoms with E-state index in [9.17, 15) is 0 Å². The van der Waals surface area contributed by atoms with Crippen molar-refractivity contribution < 1.29 is 0 Å². The first-order chi connectivity index (χ1) is 6.38. The normalized spacial score (nSPS) is 26.3. The van der Waals surface area contributed by atoms with Crippen LogP contribution >= 0.6 is 0 Å². The quantitative estimate of drug-likeness (QED) is 0.566. The zero-order valence-corrected chi connectivity index (χ0v) is 8.67. The van der Waals surface area contributed by atoms with Crippen LogP contribution in [0, 0.1) is 11.8 Å². The van der Waals surface area contributed by atoms with E-state index in [1.807, 2.05) is 0 Å². The van der Waals surface area contributed by atoms with Crippen LogP contribution in [0.5, 0.6) is 0 Å². The molecule has 0 saturated heterocycles. The lowest BCUT2D eigenvalue weighted by Gasteiger charge is -1.99. The first-order valence-electron chi connectivity index (χ1n) is 5.78. The molecule has 2 unspecified atom stereocenters. The summed E-state index contributed by atoms with van der Waals surface area (Å²) in [5, 5.41) is 0. The topological polar surface area (TPSA) is 52.0 Å². The molecule has 2 heteroatoms. The molecule has 0 aromatic heterocycles. The Balaban J connectivity index is 1.83. The molecule has 0 aromatic rings. The highest BCUT2D eigenvalue weighted by Gasteiger charge is 2.34. The fourth-order valence-corrected chi connectivity index (χ4v) is 2.13. The smallest absolute Gasteiger partial charge is 0.00772 e. The summed E-state index contributed by atoms with van der Waals surface area (Å²) in [5.41, 5.74) is 10.9. The molecule has 0 aliphatic heterocycles. The van der Waals surface area contributed by atoms with Crippen LogP contribution in [0.15, 0.2) is 0 Å². The van der Waals surface area contributed by atoms with Gasteiger partial charge < -0.3 is 11.5 Å². The van der Waals surface area contributed by atoms with Crippen molar-refractivity contribution in [3.05, 3.63) is 0 Å². The molecule has 1 fully saturated rings. The van der Waals surface area contributed by atoms with E-state index in [0.717, 1.165) is 24.9 Å². The average molecular weight is 184 g/mol. The van der Waals surface area contributed by atoms with Crippen LogP contribution in [0.25, 0.3) is 0 Å². The maximum atomic E-state index is 5.48. The van der Waals surface area contributed by atoms with E-state index >= 15 is 0 Å². The molecule has 0 heterocycles. The zero-order valence-electron chi connectivity index (χ0n) is 8.67. The minimum absolute atomic E-state index is 0.862. The molecule has 13 heavy (non-hydrogen) atoms. The minimum Gasteiger partial charge on any atom is -0.330 e. The predicted octanol–water partition coefficient (Wildman–Crippen LogP) is 1.88. The number of hydrogen-bond acceptors (Lipinski definition) is 2. The summed E-state index contributed by atoms with van der Waals surface area (Å²) < 4.78 is 0. The summed E-state index contributed by atoms with van der Waals surface area (Å²) in [6, 6.07) is 0. The average Bonchev–Trinajstić information content (AvgIpc) is 2.88. The molecular formula is C11H24N2. The Kier molecular flexibility index (Phi) is 5.40. The summed E-state index contributed by atoms with van der Waals surface area (Å²) in [6.07, 6.45) is 9.44. The SMILES string of the molecule is NCCCCCC1CC1CCCN. The van der Waals surface area contributed by atoms with E-state index in [0.29, 0.717) is 0 Å². The molecule has 0 aromatic carbocycles. The van der Waals surface area contributed by atoms with Gasteiger partial charge in [-0.3, -0.25) is 0 Å². The number of nitrogens with two attached hydrogens (primary N) is 2. The molecule has 2 nitrogen and oxygen atoms in total. The third-order valence-corrected chi connectivity index (χ3v) is 3.13. The Morgan fingerprint density at radius 3 is 2.00 bits per heavy atom. The maximum Gasteiger partial charge on any atom is -0.00772 e. The minimum atomic E-state index is 0.862. The van der Waals surface area contributed by atoms with Crippen LogP contribution in [0.1, 0.15) is 44.9 Å². The van der Waals surface area contributed by atoms with Gasteiger partial charge in [0.2, 0.25) is 0 Å². The van der Waals surface area contributed by atoms with E-state index in [1.54, 1.807) is 0 Å². The molecule has 0 amide bonds. The molecule has 4 N–H and O–H groups in total. The van der Waals surface area contributed by atoms with Crippen molar-refractivity contribution in [2.24, 2.45) is 23.3 Å². The second-order valence-electron chi connectivity index (χ2n) is 4.32. The second-order valence-corrected chi connectivity index (χ2v) is 4.32. The molecule has 1 aliphatic rings. The van der Waals surface area contributed by atoms with Crippen LogP contribution in [0.4, 0.5) is 0 Å². The fourth-order valence-electron chi connectivity index (χ4n) is 2.13. The Morgan fingerprint density at radius 2 is 1.38 bits per heavy atom. The Morgan fingerprint density at radius 1 is 0.769 bits per heavy atom. The van der Waals surface area contributed by atoms with Gasteiger partial charge in [0.15, 0.2) is 0 Å². The molecule has 1 rings (SSSR count). The van der Waals surface area contributed by atoms with Gasteiger partial charge in [0.05, 0.1) is 0 Å². The van der Waals surface area contributed by atoms with E-state index in [1.165, 1.54) is 44.9 Å². The van der Waals surface area contributed by atoms with Crippen molar-refractivity contribution in [2.45, 2.75) is 44.9 Å². The van der Waals surface area contributed by atoms with Crippen LogP contribution in [0.2, 0.25) is 0 Å². The van der Waals surface area contributed by atoms with Gasteiger partial charge in [-0.15, -0.1) is 0 Å². The highest BCUT2D eigenvalue weighted by Crippen LogP contribution is 2.45. The Labute approximate surface area is 82.1 Å². The van der Waals surface area contributed by atoms with Crippen LogP contribution < -0.4 is 11.5 Å². The molecule has 0 spiro atoms. The summed E-state index contributed by atoms with van der Waals surface area (Å²) in [6.45, 7) is 1.73. The summed E-state index contributed by atoms with van der Waals surface area (Å²) >= 11 is 0. The molecule has 0 radical (unpaired) electrons. The van der Waals surface area contributed by atoms with Crippen molar-refractivity contribution in [3.63, 3.8) is 0 Å². The Bertz CT molecular complexity index is 125. The third kappa shape index (κ3) is 4.63. The maximum absolute atomic E-state index is 5.48. The van der Waals surface area contributed by atoms with Crippen LogP contribution in [-0.4, -0.2) is 13.1 Å². The fraction of sp³-hybridized carbons (Fsp3) is 1.00. The molecule has 0 bridgehead atoms. The predicted molar refractivity (Wildman–Crippen MR) is 57.4 cm³/mol. The highest BCUT2D eigenvalue weighted by atomic mass is 14.5. The summed E-state index contributed by atoms with van der Waals surface area (Å²) in [7, 11) is 0. The lowest BCUT2D eigenvalue weighted by atomic mass is 10.1. The van der Waals surface area contributed by atoms with Gasteiger partial charge in [-0.1, -0.05) is 19.3 Å². The molecule has 78 valence electrons. The van der Waals surface area contributed by atoms with Gasteiger partial charge >= 0.3 is 0 Å². The van der Waals surface area contributed by atoms with Crippen molar-refractivity contribution in [2.75, 3.05) is 13.1 Å². The van der Waals surface area contributed by atoms with Crippen molar-refractivity contribution in [1.82, 2.24) is 0 Å². The Hall–Kier alpha value is -0.0800. The molecule has 2 atom stereocenters. The van der Waals surface area contributed by atoms with Gasteiger partial charge in [0.25, 0.3) is 0 Å². The van der Waals surface area contributed by atoms with Gasteiger partial charge in [0.1, 0.15) is 0 Å². The van der Waals surface area contributed by atoms with Gasteiger partial charge in [0, 0.05) is 0 Å². The first kappa shape index (κ1) is 11.0. The highest BCUT2D eigenvalue weighted by molar-refractivity contribution is 4.85. The number of rotatable bonds is 8. The van der Waals surface area contributed by atoms with E-state index in [2.05, 4.69) is 0 Å². The standard InChI is InChI=1S/C11H24N2/c12-7-3-1-2-5-10-9-11(10)6-4-8-13/h10-11H,1-9,12-13H2. The van der Waals surface area contributed by atoms with E-state index < -0.39 is 0 Å². The molecule has 1 aliphatic carbocycles. The van der Waals surface area contributed by atoms with E-state index in [4.69, 9.17) is 11.5 Å². The second kappa shape index (κ2) is 6.39. The first-order valence-corrected chi connectivity index (χ1v) is 5.78. The number of hydrogen-bond donors (Lipinski definition) is 2. The summed E-state index contributed by atoms with van der Waals surface area (Å²) in [5.74, 6) is 2.07. The molecular weight excluding hydrogens is 160 g/mol. The summed E-state index contributed by atoms with van der Waals surface area (Å²) in [4.78, 5) is 0. The van der Waals surface area contributed by atoms with E-state index in [-0.39, 0.29) is 0 Å².